The number of Topliss-reactive ketones (excluding diaryl/α,β-unsaturated/α-hetero) is 2. The van der Waals surface area contributed by atoms with Crippen LogP contribution in [-0.4, -0.2) is 11.6 Å². The average Bonchev–Trinajstić information content (AvgIpc) is 2.61. The van der Waals surface area contributed by atoms with E-state index in [0.29, 0.717) is 5.92 Å². The molecule has 3 aliphatic rings. The van der Waals surface area contributed by atoms with E-state index in [-0.39, 0.29) is 48.3 Å². The molecule has 1 radical (unpaired) electrons. The first kappa shape index (κ1) is 14.4. The van der Waals surface area contributed by atoms with Gasteiger partial charge in [-0.25, -0.2) is 0 Å². The van der Waals surface area contributed by atoms with Crippen LogP contribution in [0.3, 0.4) is 0 Å². The van der Waals surface area contributed by atoms with Crippen LogP contribution in [0.5, 0.6) is 0 Å². The summed E-state index contributed by atoms with van der Waals surface area (Å²) in [5.41, 5.74) is -1.07. The molecule has 2 nitrogen and oxygen atoms in total. The molecule has 18 heavy (non-hydrogen) atoms. The fraction of sp³-hybridized carbons (Fsp3) is 0.800. The summed E-state index contributed by atoms with van der Waals surface area (Å²) >= 11 is 0. The minimum absolute atomic E-state index is 0. The minimum Gasteiger partial charge on any atom is -0.318 e. The van der Waals surface area contributed by atoms with Crippen LogP contribution in [0.25, 0.3) is 0 Å². The van der Waals surface area contributed by atoms with E-state index in [0.717, 1.165) is 6.42 Å². The number of hydrogen-bond acceptors (Lipinski definition) is 2. The van der Waals surface area contributed by atoms with Crippen LogP contribution in [0.2, 0.25) is 0 Å². The Morgan fingerprint density at radius 3 is 2.11 bits per heavy atom. The first-order valence-corrected chi connectivity index (χ1v) is 6.56. The van der Waals surface area contributed by atoms with Crippen LogP contribution in [0.4, 0.5) is 0 Å². The Labute approximate surface area is 122 Å². The molecule has 5 atom stereocenters. The van der Waals surface area contributed by atoms with Gasteiger partial charge in [0, 0.05) is 10.8 Å². The van der Waals surface area contributed by atoms with Gasteiger partial charge in [0.05, 0.1) is 6.42 Å². The molecule has 0 N–H and O–H groups in total. The van der Waals surface area contributed by atoms with Crippen molar-refractivity contribution < 1.29 is 29.1 Å². The third kappa shape index (κ3) is 0.994. The summed E-state index contributed by atoms with van der Waals surface area (Å²) in [6.07, 6.45) is 3.47. The zero-order chi connectivity index (χ0) is 12.9. The summed E-state index contributed by atoms with van der Waals surface area (Å²) in [5, 5.41) is 0. The summed E-state index contributed by atoms with van der Waals surface area (Å²) in [6, 6.07) is 0. The van der Waals surface area contributed by atoms with E-state index in [1.54, 1.807) is 0 Å². The Bertz CT molecular complexity index is 459. The van der Waals surface area contributed by atoms with Gasteiger partial charge in [-0.3, -0.25) is 9.59 Å². The zero-order valence-electron chi connectivity index (χ0n) is 11.7. The van der Waals surface area contributed by atoms with Gasteiger partial charge >= 0.3 is 19.5 Å². The van der Waals surface area contributed by atoms with Crippen molar-refractivity contribution in [2.45, 2.75) is 47.5 Å². The van der Waals surface area contributed by atoms with Crippen LogP contribution in [0.15, 0.2) is 0 Å². The predicted molar refractivity (Wildman–Crippen MR) is 65.1 cm³/mol. The number of carbonyl (C=O) groups is 2. The topological polar surface area (TPSA) is 34.1 Å². The largest absolute Gasteiger partial charge is 1.00 e. The summed E-state index contributed by atoms with van der Waals surface area (Å²) in [5.74, 6) is 0.760. The van der Waals surface area contributed by atoms with Gasteiger partial charge in [0.1, 0.15) is 11.6 Å². The van der Waals surface area contributed by atoms with Gasteiger partial charge < -0.3 is 6.42 Å². The molecule has 3 fully saturated rings. The van der Waals surface area contributed by atoms with Gasteiger partial charge in [-0.2, -0.15) is 5.92 Å². The summed E-state index contributed by atoms with van der Waals surface area (Å²) in [4.78, 5) is 24.8. The Kier molecular flexibility index (Phi) is 2.67. The Hall–Kier alpha value is -0.0366. The molecule has 0 saturated heterocycles. The maximum Gasteiger partial charge on any atom is 1.00 e. The fourth-order valence-electron chi connectivity index (χ4n) is 5.53. The second-order valence-electron chi connectivity index (χ2n) is 7.24. The van der Waals surface area contributed by atoms with Gasteiger partial charge in [-0.05, 0) is 5.41 Å². The quantitative estimate of drug-likeness (QED) is 0.388. The Morgan fingerprint density at radius 1 is 1.06 bits per heavy atom. The van der Waals surface area contributed by atoms with Crippen molar-refractivity contribution in [2.75, 3.05) is 0 Å². The molecule has 3 aliphatic carbocycles. The average molecular weight is 334 g/mol. The monoisotopic (exact) mass is 335 g/mol. The molecule has 5 unspecified atom stereocenters. The van der Waals surface area contributed by atoms with Crippen LogP contribution in [0.1, 0.15) is 47.5 Å². The van der Waals surface area contributed by atoms with Crippen molar-refractivity contribution in [3.63, 3.8) is 0 Å². The van der Waals surface area contributed by atoms with Crippen molar-refractivity contribution in [3.05, 3.63) is 6.42 Å². The summed E-state index contributed by atoms with van der Waals surface area (Å²) in [7, 11) is 0. The van der Waals surface area contributed by atoms with E-state index in [9.17, 15) is 9.59 Å². The molecule has 3 heteroatoms. The molecule has 2 bridgehead atoms. The van der Waals surface area contributed by atoms with Crippen molar-refractivity contribution >= 4 is 11.6 Å². The van der Waals surface area contributed by atoms with Crippen molar-refractivity contribution in [3.8, 4) is 0 Å². The SMILES string of the molecule is CC1[CH-]C2(C)CC1(C)C1(C)C(=O)CC(=O)C21C.[Ru+]. The number of carbonyl (C=O) groups excluding carboxylic acids is 2. The fourth-order valence-corrected chi connectivity index (χ4v) is 5.53. The first-order chi connectivity index (χ1) is 7.63. The smallest absolute Gasteiger partial charge is 0.318 e. The van der Waals surface area contributed by atoms with E-state index in [2.05, 4.69) is 34.1 Å². The minimum atomic E-state index is -0.474. The van der Waals surface area contributed by atoms with Crippen molar-refractivity contribution in [1.82, 2.24) is 0 Å². The number of fused-ring (bicyclic) bond motifs is 5. The van der Waals surface area contributed by atoms with Gasteiger partial charge in [-0.15, -0.1) is 5.41 Å². The number of rotatable bonds is 0. The zero-order valence-corrected chi connectivity index (χ0v) is 13.5. The third-order valence-electron chi connectivity index (χ3n) is 7.08. The van der Waals surface area contributed by atoms with Crippen molar-refractivity contribution in [2.24, 2.45) is 27.6 Å². The molecule has 0 spiro atoms. The van der Waals surface area contributed by atoms with Crippen LogP contribution in [-0.2, 0) is 29.1 Å². The molecule has 0 amide bonds. The predicted octanol–water partition coefficient (Wildman–Crippen LogP) is 2.81. The molecule has 0 aromatic rings. The van der Waals surface area contributed by atoms with Crippen LogP contribution in [0, 0.1) is 34.0 Å². The standard InChI is InChI=1S/C15H21O2.Ru/c1-9-7-12(2)8-13(9,3)15(5)11(17)6-10(16)14(12,15)4;/h7,9H,6,8H2,1-5H3;/q-1;+1. The van der Waals surface area contributed by atoms with Crippen molar-refractivity contribution in [1.29, 1.82) is 0 Å². The maximum absolute atomic E-state index is 12.4. The van der Waals surface area contributed by atoms with E-state index < -0.39 is 10.8 Å². The number of hydrogen-bond donors (Lipinski definition) is 0. The van der Waals surface area contributed by atoms with E-state index in [1.807, 2.05) is 6.92 Å². The molecule has 0 aromatic carbocycles. The van der Waals surface area contributed by atoms with Gasteiger partial charge in [-0.1, -0.05) is 41.0 Å². The molecule has 0 aromatic heterocycles. The summed E-state index contributed by atoms with van der Waals surface area (Å²) < 4.78 is 0. The summed E-state index contributed by atoms with van der Waals surface area (Å²) in [6.45, 7) is 10.7. The molecule has 0 aliphatic heterocycles. The first-order valence-electron chi connectivity index (χ1n) is 6.56. The van der Waals surface area contributed by atoms with E-state index >= 15 is 0 Å². The van der Waals surface area contributed by atoms with E-state index in [4.69, 9.17) is 0 Å². The van der Waals surface area contributed by atoms with Gasteiger partial charge in [0.15, 0.2) is 0 Å². The van der Waals surface area contributed by atoms with Gasteiger partial charge in [0.25, 0.3) is 0 Å². The van der Waals surface area contributed by atoms with Gasteiger partial charge in [0.2, 0.25) is 0 Å². The molecule has 0 heterocycles. The molecule has 101 valence electrons. The van der Waals surface area contributed by atoms with Crippen LogP contribution >= 0.6 is 0 Å². The molecular weight excluding hydrogens is 313 g/mol. The molecule has 3 rings (SSSR count). The second-order valence-corrected chi connectivity index (χ2v) is 7.24. The Morgan fingerprint density at radius 2 is 1.56 bits per heavy atom. The maximum atomic E-state index is 12.4. The number of ketones is 2. The molecular formula is C15H21O2Ru. The molecule has 3 saturated carbocycles. The van der Waals surface area contributed by atoms with E-state index in [1.165, 1.54) is 0 Å². The third-order valence-corrected chi connectivity index (χ3v) is 7.08. The normalized spacial score (nSPS) is 57.7. The van der Waals surface area contributed by atoms with Crippen LogP contribution < -0.4 is 0 Å². The Balaban J connectivity index is 0.00000120. The second kappa shape index (κ2) is 3.34.